The molecule has 134 valence electrons. The largest absolute Gasteiger partial charge is 0.502 e. The fourth-order valence-corrected chi connectivity index (χ4v) is 2.91. The summed E-state index contributed by atoms with van der Waals surface area (Å²) < 4.78 is 34.5. The standard InChI is InChI=1S/C17H20N2O5S/c1-4-12-5-7-14(8-6-12)25(21,22)19-18-11-13-9-15(23-2)17(20)16(10-13)24-3/h5-11,19-20H,4H2,1-3H3/b18-11+. The first kappa shape index (κ1) is 18.6. The summed E-state index contributed by atoms with van der Waals surface area (Å²) >= 11 is 0. The first-order valence-electron chi connectivity index (χ1n) is 7.50. The molecule has 0 atom stereocenters. The van der Waals surface area contributed by atoms with Crippen molar-refractivity contribution in [3.63, 3.8) is 0 Å². The van der Waals surface area contributed by atoms with E-state index in [-0.39, 0.29) is 22.1 Å². The highest BCUT2D eigenvalue weighted by atomic mass is 32.2. The third-order valence-electron chi connectivity index (χ3n) is 3.53. The molecule has 2 aromatic rings. The number of aryl methyl sites for hydroxylation is 1. The van der Waals surface area contributed by atoms with Crippen molar-refractivity contribution < 1.29 is 23.0 Å². The minimum absolute atomic E-state index is 0.128. The van der Waals surface area contributed by atoms with Crippen LogP contribution >= 0.6 is 0 Å². The average Bonchev–Trinajstić information content (AvgIpc) is 2.62. The third kappa shape index (κ3) is 4.42. The quantitative estimate of drug-likeness (QED) is 0.580. The van der Waals surface area contributed by atoms with Gasteiger partial charge in [-0.1, -0.05) is 19.1 Å². The van der Waals surface area contributed by atoms with Crippen molar-refractivity contribution >= 4 is 16.2 Å². The number of sulfonamides is 1. The lowest BCUT2D eigenvalue weighted by molar-refractivity contribution is 0.340. The number of nitrogens with one attached hydrogen (secondary N) is 1. The maximum Gasteiger partial charge on any atom is 0.276 e. The molecule has 0 unspecified atom stereocenters. The lowest BCUT2D eigenvalue weighted by atomic mass is 10.2. The molecule has 0 bridgehead atoms. The SMILES string of the molecule is CCc1ccc(S(=O)(=O)N/N=C/c2cc(OC)c(O)c(OC)c2)cc1. The van der Waals surface area contributed by atoms with Gasteiger partial charge in [-0.2, -0.15) is 13.5 Å². The van der Waals surface area contributed by atoms with Gasteiger partial charge in [0.1, 0.15) is 0 Å². The Hall–Kier alpha value is -2.74. The summed E-state index contributed by atoms with van der Waals surface area (Å²) in [5.41, 5.74) is 1.54. The number of phenols is 1. The smallest absolute Gasteiger partial charge is 0.276 e. The highest BCUT2D eigenvalue weighted by Gasteiger charge is 2.13. The van der Waals surface area contributed by atoms with Crippen LogP contribution in [0, 0.1) is 0 Å². The molecular formula is C17H20N2O5S. The Morgan fingerprint density at radius 2 is 1.68 bits per heavy atom. The van der Waals surface area contributed by atoms with Gasteiger partial charge in [0, 0.05) is 5.56 Å². The average molecular weight is 364 g/mol. The number of methoxy groups -OCH3 is 2. The number of nitrogens with zero attached hydrogens (tertiary/aromatic N) is 1. The van der Waals surface area contributed by atoms with Crippen molar-refractivity contribution in [2.75, 3.05) is 14.2 Å². The summed E-state index contributed by atoms with van der Waals surface area (Å²) in [5.74, 6) is 0.247. The molecule has 2 rings (SSSR count). The zero-order valence-corrected chi connectivity index (χ0v) is 15.0. The van der Waals surface area contributed by atoms with Crippen molar-refractivity contribution in [1.82, 2.24) is 4.83 Å². The summed E-state index contributed by atoms with van der Waals surface area (Å²) in [6.45, 7) is 1.99. The van der Waals surface area contributed by atoms with E-state index in [4.69, 9.17) is 9.47 Å². The molecule has 0 spiro atoms. The summed E-state index contributed by atoms with van der Waals surface area (Å²) in [6, 6.07) is 9.59. The van der Waals surface area contributed by atoms with E-state index in [9.17, 15) is 13.5 Å². The maximum atomic E-state index is 12.2. The van der Waals surface area contributed by atoms with Crippen LogP contribution in [-0.4, -0.2) is 34.0 Å². The number of hydrazone groups is 1. The topological polar surface area (TPSA) is 97.2 Å². The highest BCUT2D eigenvalue weighted by molar-refractivity contribution is 7.89. The van der Waals surface area contributed by atoms with Gasteiger partial charge < -0.3 is 14.6 Å². The lowest BCUT2D eigenvalue weighted by Crippen LogP contribution is -2.18. The zero-order chi connectivity index (χ0) is 18.4. The second-order valence-electron chi connectivity index (χ2n) is 5.12. The first-order valence-corrected chi connectivity index (χ1v) is 8.98. The fraction of sp³-hybridized carbons (Fsp3) is 0.235. The normalized spacial score (nSPS) is 11.5. The molecule has 8 heteroatoms. The van der Waals surface area contributed by atoms with Crippen LogP contribution in [0.4, 0.5) is 0 Å². The van der Waals surface area contributed by atoms with Gasteiger partial charge in [0.15, 0.2) is 11.5 Å². The van der Waals surface area contributed by atoms with E-state index >= 15 is 0 Å². The van der Waals surface area contributed by atoms with Crippen LogP contribution < -0.4 is 14.3 Å². The van der Waals surface area contributed by atoms with E-state index in [1.54, 1.807) is 12.1 Å². The lowest BCUT2D eigenvalue weighted by Gasteiger charge is -2.09. The van der Waals surface area contributed by atoms with Crippen LogP contribution in [0.25, 0.3) is 0 Å². The van der Waals surface area contributed by atoms with Crippen molar-refractivity contribution in [3.05, 3.63) is 47.5 Å². The molecule has 0 heterocycles. The molecule has 0 aliphatic carbocycles. The van der Waals surface area contributed by atoms with Crippen LogP contribution in [0.5, 0.6) is 17.2 Å². The molecule has 0 amide bonds. The second-order valence-corrected chi connectivity index (χ2v) is 6.79. The van der Waals surface area contributed by atoms with Gasteiger partial charge in [-0.3, -0.25) is 0 Å². The second kappa shape index (κ2) is 7.89. The van der Waals surface area contributed by atoms with Gasteiger partial charge in [0.05, 0.1) is 25.3 Å². The number of aromatic hydroxyl groups is 1. The van der Waals surface area contributed by atoms with Crippen LogP contribution in [-0.2, 0) is 16.4 Å². The molecule has 0 aliphatic heterocycles. The van der Waals surface area contributed by atoms with E-state index in [2.05, 4.69) is 9.93 Å². The molecule has 0 saturated heterocycles. The van der Waals surface area contributed by atoms with Crippen molar-refractivity contribution in [3.8, 4) is 17.2 Å². The molecule has 0 radical (unpaired) electrons. The molecule has 2 N–H and O–H groups in total. The minimum Gasteiger partial charge on any atom is -0.502 e. The Kier molecular flexibility index (Phi) is 5.87. The van der Waals surface area contributed by atoms with Crippen molar-refractivity contribution in [1.29, 1.82) is 0 Å². The summed E-state index contributed by atoms with van der Waals surface area (Å²) in [4.78, 5) is 2.28. The van der Waals surface area contributed by atoms with Gasteiger partial charge in [-0.15, -0.1) is 0 Å². The van der Waals surface area contributed by atoms with Gasteiger partial charge in [0.25, 0.3) is 10.0 Å². The number of hydrogen-bond donors (Lipinski definition) is 2. The number of ether oxygens (including phenoxy) is 2. The molecule has 0 aliphatic rings. The maximum absolute atomic E-state index is 12.2. The number of hydrogen-bond acceptors (Lipinski definition) is 6. The fourth-order valence-electron chi connectivity index (χ4n) is 2.12. The summed E-state index contributed by atoms with van der Waals surface area (Å²) in [7, 11) is -0.953. The van der Waals surface area contributed by atoms with E-state index in [1.165, 1.54) is 44.7 Å². The number of benzene rings is 2. The summed E-state index contributed by atoms with van der Waals surface area (Å²) in [5, 5.41) is 13.6. The van der Waals surface area contributed by atoms with Gasteiger partial charge in [0.2, 0.25) is 5.75 Å². The predicted molar refractivity (Wildman–Crippen MR) is 94.9 cm³/mol. The van der Waals surface area contributed by atoms with Crippen molar-refractivity contribution in [2.45, 2.75) is 18.2 Å². The molecule has 0 saturated carbocycles. The minimum atomic E-state index is -3.75. The Morgan fingerprint density at radius 3 is 2.16 bits per heavy atom. The molecule has 25 heavy (non-hydrogen) atoms. The van der Waals surface area contributed by atoms with Crippen molar-refractivity contribution in [2.24, 2.45) is 5.10 Å². The molecule has 0 fully saturated rings. The van der Waals surface area contributed by atoms with E-state index in [1.807, 2.05) is 6.92 Å². The van der Waals surface area contributed by atoms with Crippen LogP contribution in [0.1, 0.15) is 18.1 Å². The van der Waals surface area contributed by atoms with Crippen LogP contribution in [0.15, 0.2) is 46.4 Å². The van der Waals surface area contributed by atoms with E-state index in [0.29, 0.717) is 5.56 Å². The monoisotopic (exact) mass is 364 g/mol. The number of phenolic OH excluding ortho intramolecular Hbond substituents is 1. The molecule has 2 aromatic carbocycles. The van der Waals surface area contributed by atoms with Gasteiger partial charge in [-0.05, 0) is 36.2 Å². The summed E-state index contributed by atoms with van der Waals surface area (Å²) in [6.07, 6.45) is 2.12. The van der Waals surface area contributed by atoms with Gasteiger partial charge >= 0.3 is 0 Å². The third-order valence-corrected chi connectivity index (χ3v) is 4.77. The highest BCUT2D eigenvalue weighted by Crippen LogP contribution is 2.36. The Labute approximate surface area is 147 Å². The number of rotatable bonds is 7. The van der Waals surface area contributed by atoms with Gasteiger partial charge in [-0.25, -0.2) is 4.83 Å². The zero-order valence-electron chi connectivity index (χ0n) is 14.2. The Balaban J connectivity index is 2.19. The molecular weight excluding hydrogens is 344 g/mol. The Bertz CT molecular complexity index is 836. The van der Waals surface area contributed by atoms with E-state index < -0.39 is 10.0 Å². The predicted octanol–water partition coefficient (Wildman–Crippen LogP) is 2.28. The Morgan fingerprint density at radius 1 is 1.12 bits per heavy atom. The molecule has 0 aromatic heterocycles. The van der Waals surface area contributed by atoms with Crippen LogP contribution in [0.2, 0.25) is 0 Å². The molecule has 7 nitrogen and oxygen atoms in total. The first-order chi connectivity index (χ1) is 11.9. The van der Waals surface area contributed by atoms with E-state index in [0.717, 1.165) is 12.0 Å². The van der Waals surface area contributed by atoms with Crippen LogP contribution in [0.3, 0.4) is 0 Å².